The molecule has 6 rings (SSSR count). The predicted molar refractivity (Wildman–Crippen MR) is 119 cm³/mol. The van der Waals surface area contributed by atoms with Gasteiger partial charge in [0.25, 0.3) is 11.8 Å². The van der Waals surface area contributed by atoms with Crippen LogP contribution >= 0.6 is 0 Å². The van der Waals surface area contributed by atoms with Gasteiger partial charge in [-0.05, 0) is 43.3 Å². The number of pyridine rings is 1. The summed E-state index contributed by atoms with van der Waals surface area (Å²) >= 11 is 0. The van der Waals surface area contributed by atoms with Gasteiger partial charge in [-0.2, -0.15) is 5.10 Å². The summed E-state index contributed by atoms with van der Waals surface area (Å²) in [4.78, 5) is 32.4. The average molecular weight is 442 g/mol. The number of carbonyl (C=O) groups is 2. The van der Waals surface area contributed by atoms with Crippen molar-refractivity contribution in [2.75, 3.05) is 25.2 Å². The molecule has 0 aliphatic carbocycles. The first-order valence-corrected chi connectivity index (χ1v) is 10.4. The molecule has 4 aromatic rings. The van der Waals surface area contributed by atoms with Gasteiger partial charge in [-0.3, -0.25) is 9.59 Å². The molecule has 0 spiro atoms. The van der Waals surface area contributed by atoms with E-state index in [0.717, 1.165) is 16.3 Å². The Bertz CT molecular complexity index is 1460. The summed E-state index contributed by atoms with van der Waals surface area (Å²) in [5, 5.41) is 5.16. The Morgan fingerprint density at radius 2 is 1.67 bits per heavy atom. The molecule has 9 nitrogen and oxygen atoms in total. The molecule has 9 heteroatoms. The zero-order chi connectivity index (χ0) is 22.7. The molecule has 0 unspecified atom stereocenters. The zero-order valence-electron chi connectivity index (χ0n) is 17.9. The van der Waals surface area contributed by atoms with E-state index in [1.807, 2.05) is 24.3 Å². The van der Waals surface area contributed by atoms with Gasteiger partial charge in [0.2, 0.25) is 0 Å². The van der Waals surface area contributed by atoms with Crippen molar-refractivity contribution in [1.82, 2.24) is 14.8 Å². The van der Waals surface area contributed by atoms with E-state index in [0.29, 0.717) is 52.7 Å². The highest BCUT2D eigenvalue weighted by molar-refractivity contribution is 6.37. The standard InChI is InChI=1S/C24H18N4O5/c1-13-20-21-17(12-25-22(20)28(26-13)14-3-6-16(31-2)7-4-14)23(29)27(24(21)30)15-5-8-18-19(11-15)33-10-9-32-18/h3-8,11-12H,9-10H2,1-2H3. The zero-order valence-corrected chi connectivity index (χ0v) is 17.9. The van der Waals surface area contributed by atoms with Crippen LogP contribution in [0.1, 0.15) is 26.4 Å². The van der Waals surface area contributed by atoms with Crippen molar-refractivity contribution in [2.24, 2.45) is 0 Å². The molecule has 0 fully saturated rings. The maximum atomic E-state index is 13.5. The number of hydrogen-bond donors (Lipinski definition) is 0. The lowest BCUT2D eigenvalue weighted by Gasteiger charge is -2.21. The van der Waals surface area contributed by atoms with Gasteiger partial charge in [-0.15, -0.1) is 0 Å². The molecular weight excluding hydrogens is 424 g/mol. The molecule has 0 saturated heterocycles. The number of ether oxygens (including phenoxy) is 3. The monoisotopic (exact) mass is 442 g/mol. The highest BCUT2D eigenvalue weighted by Gasteiger charge is 2.40. The van der Waals surface area contributed by atoms with Gasteiger partial charge in [0.05, 0.1) is 40.7 Å². The van der Waals surface area contributed by atoms with Crippen LogP contribution in [0.25, 0.3) is 16.7 Å². The molecule has 2 aromatic carbocycles. The van der Waals surface area contributed by atoms with Gasteiger partial charge < -0.3 is 14.2 Å². The van der Waals surface area contributed by atoms with Crippen LogP contribution in [0.2, 0.25) is 0 Å². The van der Waals surface area contributed by atoms with Gasteiger partial charge in [0, 0.05) is 12.3 Å². The van der Waals surface area contributed by atoms with Gasteiger partial charge in [-0.25, -0.2) is 14.6 Å². The summed E-state index contributed by atoms with van der Waals surface area (Å²) in [7, 11) is 1.60. The third-order valence-electron chi connectivity index (χ3n) is 5.82. The number of aryl methyl sites for hydroxylation is 1. The number of aromatic nitrogens is 3. The van der Waals surface area contributed by atoms with E-state index in [2.05, 4.69) is 10.1 Å². The van der Waals surface area contributed by atoms with Crippen molar-refractivity contribution in [3.8, 4) is 22.9 Å². The summed E-state index contributed by atoms with van der Waals surface area (Å²) in [5.74, 6) is 0.954. The molecule has 4 heterocycles. The lowest BCUT2D eigenvalue weighted by Crippen LogP contribution is -2.29. The summed E-state index contributed by atoms with van der Waals surface area (Å²) in [6.07, 6.45) is 1.44. The van der Waals surface area contributed by atoms with Crippen molar-refractivity contribution < 1.29 is 23.8 Å². The van der Waals surface area contributed by atoms with Gasteiger partial charge >= 0.3 is 0 Å². The van der Waals surface area contributed by atoms with Gasteiger partial charge in [-0.1, -0.05) is 0 Å². The number of hydrogen-bond acceptors (Lipinski definition) is 7. The minimum absolute atomic E-state index is 0.250. The number of rotatable bonds is 3. The summed E-state index contributed by atoms with van der Waals surface area (Å²) in [5.41, 5.74) is 2.84. The quantitative estimate of drug-likeness (QED) is 0.449. The first kappa shape index (κ1) is 19.3. The number of anilines is 1. The number of amides is 2. The fourth-order valence-electron chi connectivity index (χ4n) is 4.27. The number of benzene rings is 2. The molecule has 164 valence electrons. The molecule has 0 radical (unpaired) electrons. The second-order valence-corrected chi connectivity index (χ2v) is 7.71. The van der Waals surface area contributed by atoms with E-state index in [9.17, 15) is 9.59 Å². The first-order valence-electron chi connectivity index (χ1n) is 10.4. The Balaban J connectivity index is 1.47. The van der Waals surface area contributed by atoms with E-state index in [-0.39, 0.29) is 5.56 Å². The summed E-state index contributed by atoms with van der Waals surface area (Å²) < 4.78 is 18.1. The van der Waals surface area contributed by atoms with Crippen LogP contribution in [0.3, 0.4) is 0 Å². The first-order chi connectivity index (χ1) is 16.1. The lowest BCUT2D eigenvalue weighted by molar-refractivity contribution is 0.0926. The molecule has 33 heavy (non-hydrogen) atoms. The number of nitrogens with zero attached hydrogens (tertiary/aromatic N) is 4. The van der Waals surface area contributed by atoms with E-state index >= 15 is 0 Å². The number of fused-ring (bicyclic) bond motifs is 4. The van der Waals surface area contributed by atoms with E-state index in [4.69, 9.17) is 14.2 Å². The largest absolute Gasteiger partial charge is 0.497 e. The highest BCUT2D eigenvalue weighted by Crippen LogP contribution is 2.38. The van der Waals surface area contributed by atoms with Crippen LogP contribution in [0.4, 0.5) is 5.69 Å². The fraction of sp³-hybridized carbons (Fsp3) is 0.167. The number of imide groups is 1. The minimum atomic E-state index is -0.433. The van der Waals surface area contributed by atoms with Crippen molar-refractivity contribution in [3.05, 3.63) is 65.5 Å². The van der Waals surface area contributed by atoms with Gasteiger partial charge in [0.1, 0.15) is 19.0 Å². The second kappa shape index (κ2) is 7.06. The molecule has 2 aliphatic heterocycles. The molecule has 2 aliphatic rings. The Labute approximate surface area is 188 Å². The lowest BCUT2D eigenvalue weighted by atomic mass is 10.1. The predicted octanol–water partition coefficient (Wildman–Crippen LogP) is 3.31. The van der Waals surface area contributed by atoms with Crippen LogP contribution in [-0.2, 0) is 0 Å². The Hall–Kier alpha value is -4.40. The van der Waals surface area contributed by atoms with E-state index < -0.39 is 11.8 Å². The number of carbonyl (C=O) groups excluding carboxylic acids is 2. The van der Waals surface area contributed by atoms with Crippen LogP contribution in [0.15, 0.2) is 48.7 Å². The molecule has 0 saturated carbocycles. The molecular formula is C24H18N4O5. The van der Waals surface area contributed by atoms with E-state index in [1.165, 1.54) is 6.20 Å². The molecule has 0 bridgehead atoms. The third-order valence-corrected chi connectivity index (χ3v) is 5.82. The van der Waals surface area contributed by atoms with Crippen molar-refractivity contribution in [2.45, 2.75) is 6.92 Å². The molecule has 0 N–H and O–H groups in total. The smallest absolute Gasteiger partial charge is 0.267 e. The summed E-state index contributed by atoms with van der Waals surface area (Å²) in [6.45, 7) is 2.67. The minimum Gasteiger partial charge on any atom is -0.497 e. The van der Waals surface area contributed by atoms with Gasteiger partial charge in [0.15, 0.2) is 17.1 Å². The van der Waals surface area contributed by atoms with Crippen molar-refractivity contribution in [1.29, 1.82) is 0 Å². The van der Waals surface area contributed by atoms with Crippen LogP contribution in [0.5, 0.6) is 17.2 Å². The van der Waals surface area contributed by atoms with Crippen LogP contribution in [-0.4, -0.2) is 46.9 Å². The molecule has 2 amide bonds. The van der Waals surface area contributed by atoms with Crippen LogP contribution in [0, 0.1) is 6.92 Å². The van der Waals surface area contributed by atoms with E-state index in [1.54, 1.807) is 36.9 Å². The average Bonchev–Trinajstić information content (AvgIpc) is 3.32. The molecule has 2 aromatic heterocycles. The molecule has 0 atom stereocenters. The highest BCUT2D eigenvalue weighted by atomic mass is 16.6. The normalized spacial score (nSPS) is 14.7. The maximum Gasteiger partial charge on any atom is 0.267 e. The SMILES string of the molecule is COc1ccc(-n2nc(C)c3c4c(cnc32)C(=O)N(c2ccc3c(c2)OCCO3)C4=O)cc1. The second-order valence-electron chi connectivity index (χ2n) is 7.71. The fourth-order valence-corrected chi connectivity index (χ4v) is 4.27. The van der Waals surface area contributed by atoms with Crippen molar-refractivity contribution in [3.63, 3.8) is 0 Å². The summed E-state index contributed by atoms with van der Waals surface area (Å²) in [6, 6.07) is 12.4. The maximum absolute atomic E-state index is 13.5. The Morgan fingerprint density at radius 1 is 0.939 bits per heavy atom. The topological polar surface area (TPSA) is 95.8 Å². The van der Waals surface area contributed by atoms with Crippen LogP contribution < -0.4 is 19.1 Å². The number of methoxy groups -OCH3 is 1. The Morgan fingerprint density at radius 3 is 2.42 bits per heavy atom. The van der Waals surface area contributed by atoms with Crippen molar-refractivity contribution >= 4 is 28.5 Å². The Kier molecular flexibility index (Phi) is 4.13. The third kappa shape index (κ3) is 2.78.